The smallest absolute Gasteiger partial charge is 0.455 e. The lowest BCUT2D eigenvalue weighted by Crippen LogP contribution is -2.37. The molecule has 3 heterocycles. The number of imidazole rings is 1. The molecule has 1 fully saturated rings. The number of nitro benzene ring substituents is 1. The van der Waals surface area contributed by atoms with Crippen molar-refractivity contribution in [3.63, 3.8) is 0 Å². The zero-order valence-electron chi connectivity index (χ0n) is 22.5. The highest BCUT2D eigenvalue weighted by atomic mass is 31.3. The molecule has 5 atom stereocenters. The van der Waals surface area contributed by atoms with Crippen LogP contribution >= 0.6 is 15.6 Å². The third-order valence-corrected chi connectivity index (χ3v) is 8.22. The van der Waals surface area contributed by atoms with Gasteiger partial charge >= 0.3 is 21.6 Å². The highest BCUT2D eigenvalue weighted by molar-refractivity contribution is 7.60. The van der Waals surface area contributed by atoms with E-state index in [2.05, 4.69) is 39.1 Å². The molecule has 0 aliphatic carbocycles. The molecular weight excluding hydrogens is 650 g/mol. The molecular formula is C20H24N10O13P2. The third-order valence-electron chi connectivity index (χ3n) is 6.06. The van der Waals surface area contributed by atoms with Crippen LogP contribution < -0.4 is 11.1 Å². The maximum absolute atomic E-state index is 12.8. The number of fused-ring (bicyclic) bond motifs is 1. The number of nitrogens with one attached hydrogen (secondary N) is 1. The summed E-state index contributed by atoms with van der Waals surface area (Å²) >= 11 is 0. The maximum atomic E-state index is 12.8. The summed E-state index contributed by atoms with van der Waals surface area (Å²) in [6, 6.07) is 3.77. The van der Waals surface area contributed by atoms with Crippen molar-refractivity contribution in [3.05, 3.63) is 51.4 Å². The Kier molecular flexibility index (Phi) is 10.3. The van der Waals surface area contributed by atoms with Crippen LogP contribution in [0.5, 0.6) is 0 Å². The molecule has 0 spiro atoms. The van der Waals surface area contributed by atoms with Crippen molar-refractivity contribution in [2.75, 3.05) is 24.2 Å². The Morgan fingerprint density at radius 1 is 1.29 bits per heavy atom. The number of azide groups is 1. The Morgan fingerprint density at radius 3 is 2.73 bits per heavy atom. The summed E-state index contributed by atoms with van der Waals surface area (Å²) < 4.78 is 43.6. The number of benzene rings is 1. The van der Waals surface area contributed by atoms with Crippen molar-refractivity contribution >= 4 is 55.7 Å². The lowest BCUT2D eigenvalue weighted by Gasteiger charge is -2.22. The number of nitrogen functional groups attached to an aromatic ring is 1. The first-order chi connectivity index (χ1) is 21.2. The number of nitrogens with zero attached hydrogens (tertiary/aromatic N) is 8. The number of nitro groups is 1. The fraction of sp³-hybridized carbons (Fsp3) is 0.400. The molecule has 45 heavy (non-hydrogen) atoms. The van der Waals surface area contributed by atoms with Gasteiger partial charge in [-0.25, -0.2) is 24.1 Å². The molecule has 0 saturated carbocycles. The van der Waals surface area contributed by atoms with Crippen molar-refractivity contribution < 1.29 is 56.9 Å². The van der Waals surface area contributed by atoms with Crippen molar-refractivity contribution in [2.45, 2.75) is 37.4 Å². The highest BCUT2D eigenvalue weighted by Crippen LogP contribution is 2.57. The van der Waals surface area contributed by atoms with Gasteiger partial charge in [0, 0.05) is 29.6 Å². The predicted molar refractivity (Wildman–Crippen MR) is 148 cm³/mol. The number of carbonyl (C=O) groups is 1. The number of phosphoric acid groups is 2. The summed E-state index contributed by atoms with van der Waals surface area (Å²) in [5.41, 5.74) is 14.4. The summed E-state index contributed by atoms with van der Waals surface area (Å²) in [5.74, 6) is -0.845. The Bertz CT molecular complexity index is 1730. The van der Waals surface area contributed by atoms with Gasteiger partial charge in [0.1, 0.15) is 29.7 Å². The number of phosphoric ester groups is 1. The largest absolute Gasteiger partial charge is 0.481 e. The Balaban J connectivity index is 1.45. The lowest BCUT2D eigenvalue weighted by atomic mass is 10.1. The SMILES string of the molecule is [N-]=[N+]=Nc1ccc(NCCCC(=O)O[C@@H]2[C@H](O)[C@@H](COP(=O)(O)OP(=O)(O)O)O[C@H]2n2cnc3c(N)ncnc32)c([N+](=O)[O-])c1. The van der Waals surface area contributed by atoms with E-state index in [1.807, 2.05) is 0 Å². The molecule has 2 aromatic heterocycles. The monoisotopic (exact) mass is 674 g/mol. The van der Waals surface area contributed by atoms with Crippen LogP contribution in [0.25, 0.3) is 21.6 Å². The Hall–Kier alpha value is -4.27. The number of anilines is 2. The quantitative estimate of drug-likeness (QED) is 0.0206. The van der Waals surface area contributed by atoms with Gasteiger partial charge in [0.25, 0.3) is 5.69 Å². The summed E-state index contributed by atoms with van der Waals surface area (Å²) in [4.78, 5) is 65.3. The number of hydrogen-bond acceptors (Lipinski definition) is 16. The first-order valence-electron chi connectivity index (χ1n) is 12.5. The van der Waals surface area contributed by atoms with Crippen molar-refractivity contribution in [1.29, 1.82) is 0 Å². The molecule has 0 bridgehead atoms. The number of aromatic nitrogens is 4. The molecule has 0 radical (unpaired) electrons. The van der Waals surface area contributed by atoms with Crippen LogP contribution in [0.2, 0.25) is 0 Å². The average molecular weight is 674 g/mol. The molecule has 7 N–H and O–H groups in total. The fourth-order valence-electron chi connectivity index (χ4n) is 4.19. The van der Waals surface area contributed by atoms with Gasteiger partial charge in [0.15, 0.2) is 23.8 Å². The molecule has 1 aliphatic heterocycles. The molecule has 23 nitrogen and oxygen atoms in total. The van der Waals surface area contributed by atoms with Crippen molar-refractivity contribution in [3.8, 4) is 0 Å². The van der Waals surface area contributed by atoms with E-state index in [9.17, 15) is 34.0 Å². The van der Waals surface area contributed by atoms with Gasteiger partial charge in [-0.1, -0.05) is 11.2 Å². The van der Waals surface area contributed by atoms with E-state index in [1.54, 1.807) is 0 Å². The Labute approximate surface area is 250 Å². The summed E-state index contributed by atoms with van der Waals surface area (Å²) in [5, 5.41) is 28.4. The van der Waals surface area contributed by atoms with E-state index in [-0.39, 0.29) is 53.4 Å². The lowest BCUT2D eigenvalue weighted by molar-refractivity contribution is -0.383. The molecule has 1 aliphatic rings. The number of esters is 1. The molecule has 1 unspecified atom stereocenters. The summed E-state index contributed by atoms with van der Waals surface area (Å²) in [6.45, 7) is -0.876. The number of hydrogen-bond donors (Lipinski definition) is 6. The minimum atomic E-state index is -5.43. The minimum absolute atomic E-state index is 0.00157. The number of carbonyl (C=O) groups excluding carboxylic acids is 1. The van der Waals surface area contributed by atoms with Crippen LogP contribution in [0.15, 0.2) is 36.0 Å². The van der Waals surface area contributed by atoms with Gasteiger partial charge in [0.05, 0.1) is 17.9 Å². The van der Waals surface area contributed by atoms with Crippen LogP contribution in [0.3, 0.4) is 0 Å². The van der Waals surface area contributed by atoms with Crippen molar-refractivity contribution in [1.82, 2.24) is 19.5 Å². The fourth-order valence-corrected chi connectivity index (χ4v) is 5.79. The minimum Gasteiger partial charge on any atom is -0.455 e. The number of rotatable bonds is 14. The summed E-state index contributed by atoms with van der Waals surface area (Å²) in [6.07, 6.45) is -3.91. The standard InChI is InChI=1S/C20H24N10O13P2/c21-18-15-19(25-8-24-18)29(9-26-15)20-17(16(32)13(41-20)7-40-45(38,39)43-44(35,36)37)42-14(31)2-1-5-23-11-4-3-10(27-28-22)6-12(11)30(33)34/h3-4,6,8-9,13,16-17,20,23,32H,1-2,5,7H2,(H,38,39)(H2,21,24,25)(H2,35,36,37)/t13-,16-,17-,20-/m1/s1. The van der Waals surface area contributed by atoms with Crippen LogP contribution in [0.4, 0.5) is 22.9 Å². The molecule has 242 valence electrons. The van der Waals surface area contributed by atoms with Gasteiger partial charge in [-0.15, -0.1) is 0 Å². The zero-order chi connectivity index (χ0) is 32.9. The first-order valence-corrected chi connectivity index (χ1v) is 15.5. The van der Waals surface area contributed by atoms with Gasteiger partial charge in [0.2, 0.25) is 0 Å². The van der Waals surface area contributed by atoms with Crippen LogP contribution in [0.1, 0.15) is 19.1 Å². The van der Waals surface area contributed by atoms with E-state index < -0.39 is 57.7 Å². The second-order valence-electron chi connectivity index (χ2n) is 9.11. The zero-order valence-corrected chi connectivity index (χ0v) is 24.3. The number of aliphatic hydroxyl groups excluding tert-OH is 1. The van der Waals surface area contributed by atoms with Gasteiger partial charge in [-0.3, -0.25) is 24.0 Å². The van der Waals surface area contributed by atoms with Crippen LogP contribution in [0, 0.1) is 10.1 Å². The number of ether oxygens (including phenoxy) is 2. The highest BCUT2D eigenvalue weighted by Gasteiger charge is 2.49. The van der Waals surface area contributed by atoms with E-state index in [0.29, 0.717) is 0 Å². The number of aliphatic hydroxyl groups is 1. The topological polar surface area (TPSA) is 343 Å². The number of nitrogens with two attached hydrogens (primary N) is 1. The third kappa shape index (κ3) is 8.47. The molecule has 4 rings (SSSR count). The van der Waals surface area contributed by atoms with E-state index in [0.717, 1.165) is 12.4 Å². The second kappa shape index (κ2) is 13.8. The van der Waals surface area contributed by atoms with Gasteiger partial charge in [-0.2, -0.15) is 4.31 Å². The normalized spacial score (nSPS) is 21.2. The predicted octanol–water partition coefficient (Wildman–Crippen LogP) is 1.55. The average Bonchev–Trinajstić information content (AvgIpc) is 3.51. The van der Waals surface area contributed by atoms with Crippen LogP contribution in [-0.4, -0.2) is 81.7 Å². The van der Waals surface area contributed by atoms with Gasteiger partial charge in [-0.05, 0) is 18.0 Å². The summed E-state index contributed by atoms with van der Waals surface area (Å²) in [7, 11) is -10.7. The second-order valence-corrected chi connectivity index (χ2v) is 11.9. The maximum Gasteiger partial charge on any atom is 0.481 e. The van der Waals surface area contributed by atoms with E-state index in [1.165, 1.54) is 23.0 Å². The van der Waals surface area contributed by atoms with E-state index in [4.69, 9.17) is 30.5 Å². The van der Waals surface area contributed by atoms with Gasteiger partial charge < -0.3 is 40.3 Å². The van der Waals surface area contributed by atoms with Crippen LogP contribution in [-0.2, 0) is 32.2 Å². The molecule has 1 aromatic carbocycles. The Morgan fingerprint density at radius 2 is 2.04 bits per heavy atom. The molecule has 0 amide bonds. The molecule has 1 saturated heterocycles. The first kappa shape index (κ1) is 33.6. The van der Waals surface area contributed by atoms with E-state index >= 15 is 0 Å². The molecule has 25 heteroatoms. The van der Waals surface area contributed by atoms with Crippen molar-refractivity contribution in [2.24, 2.45) is 5.11 Å². The molecule has 3 aromatic rings.